The van der Waals surface area contributed by atoms with Crippen LogP contribution in [0.2, 0.25) is 0 Å². The number of pyridine rings is 1. The summed E-state index contributed by atoms with van der Waals surface area (Å²) in [6, 6.07) is 8.05. The number of anilines is 1. The first kappa shape index (κ1) is 11.3. The highest BCUT2D eigenvalue weighted by molar-refractivity contribution is 7.99. The minimum absolute atomic E-state index is 0.802. The lowest BCUT2D eigenvalue weighted by Crippen LogP contribution is -1.90. The molecule has 0 spiro atoms. The minimum Gasteiger partial charge on any atom is -0.399 e. The molecule has 3 heteroatoms. The Hall–Kier alpha value is -1.22. The van der Waals surface area contributed by atoms with Gasteiger partial charge in [-0.25, -0.2) is 0 Å². The Labute approximate surface area is 100 Å². The van der Waals surface area contributed by atoms with Crippen molar-refractivity contribution in [1.29, 1.82) is 0 Å². The largest absolute Gasteiger partial charge is 0.399 e. The summed E-state index contributed by atoms with van der Waals surface area (Å²) in [6.07, 6.45) is 1.18. The molecule has 0 fully saturated rings. The van der Waals surface area contributed by atoms with Crippen molar-refractivity contribution in [2.75, 3.05) is 11.5 Å². The van der Waals surface area contributed by atoms with Crippen molar-refractivity contribution < 1.29 is 0 Å². The van der Waals surface area contributed by atoms with Crippen LogP contribution in [0.25, 0.3) is 10.9 Å². The predicted molar refractivity (Wildman–Crippen MR) is 71.9 cm³/mol. The molecule has 0 aliphatic heterocycles. The van der Waals surface area contributed by atoms with Gasteiger partial charge in [0.15, 0.2) is 0 Å². The van der Waals surface area contributed by atoms with E-state index in [1.165, 1.54) is 16.7 Å². The third kappa shape index (κ3) is 2.30. The van der Waals surface area contributed by atoms with Gasteiger partial charge in [-0.2, -0.15) is 0 Å². The number of thioether (sulfide) groups is 1. The van der Waals surface area contributed by atoms with Crippen LogP contribution in [0.15, 0.2) is 29.2 Å². The van der Waals surface area contributed by atoms with Crippen molar-refractivity contribution >= 4 is 28.4 Å². The van der Waals surface area contributed by atoms with Gasteiger partial charge in [0.25, 0.3) is 0 Å². The molecule has 0 saturated heterocycles. The normalized spacial score (nSPS) is 10.9. The SMILES string of the molecule is CCCSc1cc(C)nc2ccc(N)cc12. The summed E-state index contributed by atoms with van der Waals surface area (Å²) in [5, 5.41) is 1.17. The van der Waals surface area contributed by atoms with E-state index in [0.717, 1.165) is 22.7 Å². The van der Waals surface area contributed by atoms with Gasteiger partial charge >= 0.3 is 0 Å². The molecule has 2 nitrogen and oxygen atoms in total. The fraction of sp³-hybridized carbons (Fsp3) is 0.308. The summed E-state index contributed by atoms with van der Waals surface area (Å²) in [5.41, 5.74) is 8.73. The van der Waals surface area contributed by atoms with Gasteiger partial charge in [0.2, 0.25) is 0 Å². The lowest BCUT2D eigenvalue weighted by atomic mass is 10.2. The summed E-state index contributed by atoms with van der Waals surface area (Å²) >= 11 is 1.88. The Morgan fingerprint density at radius 3 is 2.88 bits per heavy atom. The van der Waals surface area contributed by atoms with Gasteiger partial charge in [-0.15, -0.1) is 11.8 Å². The Kier molecular flexibility index (Phi) is 3.34. The number of hydrogen-bond acceptors (Lipinski definition) is 3. The second kappa shape index (κ2) is 4.74. The molecule has 2 aromatic rings. The summed E-state index contributed by atoms with van der Waals surface area (Å²) in [4.78, 5) is 5.81. The van der Waals surface area contributed by atoms with E-state index < -0.39 is 0 Å². The fourth-order valence-corrected chi connectivity index (χ4v) is 2.67. The molecule has 0 radical (unpaired) electrons. The number of hydrogen-bond donors (Lipinski definition) is 1. The molecule has 0 saturated carbocycles. The number of aryl methyl sites for hydroxylation is 1. The van der Waals surface area contributed by atoms with Crippen LogP contribution in [-0.4, -0.2) is 10.7 Å². The highest BCUT2D eigenvalue weighted by atomic mass is 32.2. The number of benzene rings is 1. The van der Waals surface area contributed by atoms with Gasteiger partial charge < -0.3 is 5.73 Å². The van der Waals surface area contributed by atoms with Gasteiger partial charge in [0.1, 0.15) is 0 Å². The van der Waals surface area contributed by atoms with Crippen LogP contribution >= 0.6 is 11.8 Å². The van der Waals surface area contributed by atoms with E-state index in [1.807, 2.05) is 36.9 Å². The second-order valence-electron chi connectivity index (χ2n) is 3.89. The maximum absolute atomic E-state index is 5.82. The quantitative estimate of drug-likeness (QED) is 0.649. The molecule has 1 aromatic carbocycles. The number of aromatic nitrogens is 1. The van der Waals surface area contributed by atoms with Crippen LogP contribution in [0.3, 0.4) is 0 Å². The number of nitrogen functional groups attached to an aromatic ring is 1. The zero-order valence-corrected chi connectivity index (χ0v) is 10.5. The van der Waals surface area contributed by atoms with Crippen molar-refractivity contribution in [1.82, 2.24) is 4.98 Å². The molecule has 16 heavy (non-hydrogen) atoms. The van der Waals surface area contributed by atoms with Crippen LogP contribution in [0, 0.1) is 6.92 Å². The molecule has 0 amide bonds. The summed E-state index contributed by atoms with van der Waals surface area (Å²) in [5.74, 6) is 1.13. The molecule has 1 heterocycles. The standard InChI is InChI=1S/C13H16N2S/c1-3-6-16-13-7-9(2)15-12-5-4-10(14)8-11(12)13/h4-5,7-8H,3,6,14H2,1-2H3. The van der Waals surface area contributed by atoms with Gasteiger partial charge in [0.05, 0.1) is 5.52 Å². The maximum atomic E-state index is 5.82. The van der Waals surface area contributed by atoms with E-state index in [-0.39, 0.29) is 0 Å². The van der Waals surface area contributed by atoms with Crippen LogP contribution in [0.5, 0.6) is 0 Å². The average molecular weight is 232 g/mol. The lowest BCUT2D eigenvalue weighted by Gasteiger charge is -2.07. The molecule has 0 aliphatic rings. The highest BCUT2D eigenvalue weighted by Gasteiger charge is 2.04. The fourth-order valence-electron chi connectivity index (χ4n) is 1.67. The van der Waals surface area contributed by atoms with E-state index >= 15 is 0 Å². The van der Waals surface area contributed by atoms with Gasteiger partial charge in [0, 0.05) is 21.7 Å². The predicted octanol–water partition coefficient (Wildman–Crippen LogP) is 3.63. The van der Waals surface area contributed by atoms with Crippen LogP contribution < -0.4 is 5.73 Å². The number of nitrogens with zero attached hydrogens (tertiary/aromatic N) is 1. The van der Waals surface area contributed by atoms with E-state index in [4.69, 9.17) is 5.73 Å². The third-order valence-corrected chi connectivity index (χ3v) is 3.65. The second-order valence-corrected chi connectivity index (χ2v) is 5.02. The Balaban J connectivity index is 2.55. The Bertz CT molecular complexity index is 509. The topological polar surface area (TPSA) is 38.9 Å². The molecule has 0 atom stereocenters. The van der Waals surface area contributed by atoms with E-state index in [1.54, 1.807) is 0 Å². The lowest BCUT2D eigenvalue weighted by molar-refractivity contribution is 1.10. The molecule has 0 aliphatic carbocycles. The van der Waals surface area contributed by atoms with Gasteiger partial charge in [-0.05, 0) is 43.4 Å². The number of nitrogens with two attached hydrogens (primary N) is 1. The number of rotatable bonds is 3. The maximum Gasteiger partial charge on any atom is 0.0717 e. The Morgan fingerprint density at radius 2 is 2.12 bits per heavy atom. The Morgan fingerprint density at radius 1 is 1.31 bits per heavy atom. The molecule has 84 valence electrons. The van der Waals surface area contributed by atoms with Crippen molar-refractivity contribution in [3.63, 3.8) is 0 Å². The van der Waals surface area contributed by atoms with Gasteiger partial charge in [-0.3, -0.25) is 4.98 Å². The van der Waals surface area contributed by atoms with Crippen molar-refractivity contribution in [3.8, 4) is 0 Å². The summed E-state index contributed by atoms with van der Waals surface area (Å²) in [7, 11) is 0. The molecule has 1 aromatic heterocycles. The zero-order valence-electron chi connectivity index (χ0n) is 9.66. The van der Waals surface area contributed by atoms with Crippen LogP contribution in [0.4, 0.5) is 5.69 Å². The van der Waals surface area contributed by atoms with Crippen molar-refractivity contribution in [2.45, 2.75) is 25.2 Å². The van der Waals surface area contributed by atoms with Crippen LogP contribution in [-0.2, 0) is 0 Å². The molecular formula is C13H16N2S. The molecular weight excluding hydrogens is 216 g/mol. The first-order valence-electron chi connectivity index (χ1n) is 5.50. The first-order valence-corrected chi connectivity index (χ1v) is 6.49. The zero-order chi connectivity index (χ0) is 11.5. The third-order valence-electron chi connectivity index (χ3n) is 2.38. The number of fused-ring (bicyclic) bond motifs is 1. The minimum atomic E-state index is 0.802. The van der Waals surface area contributed by atoms with Crippen molar-refractivity contribution in [3.05, 3.63) is 30.0 Å². The summed E-state index contributed by atoms with van der Waals surface area (Å²) < 4.78 is 0. The van der Waals surface area contributed by atoms with E-state index in [0.29, 0.717) is 0 Å². The molecule has 2 N–H and O–H groups in total. The highest BCUT2D eigenvalue weighted by Crippen LogP contribution is 2.29. The molecule has 0 bridgehead atoms. The first-order chi connectivity index (χ1) is 7.70. The van der Waals surface area contributed by atoms with Crippen molar-refractivity contribution in [2.24, 2.45) is 0 Å². The monoisotopic (exact) mass is 232 g/mol. The van der Waals surface area contributed by atoms with Crippen LogP contribution in [0.1, 0.15) is 19.0 Å². The summed E-state index contributed by atoms with van der Waals surface area (Å²) in [6.45, 7) is 4.23. The molecule has 2 rings (SSSR count). The van der Waals surface area contributed by atoms with E-state index in [2.05, 4.69) is 18.0 Å². The molecule has 0 unspecified atom stereocenters. The smallest absolute Gasteiger partial charge is 0.0717 e. The van der Waals surface area contributed by atoms with Gasteiger partial charge in [-0.1, -0.05) is 6.92 Å². The van der Waals surface area contributed by atoms with E-state index in [9.17, 15) is 0 Å². The average Bonchev–Trinajstić information content (AvgIpc) is 2.26.